The van der Waals surface area contributed by atoms with Crippen LogP contribution in [0.1, 0.15) is 11.3 Å². The van der Waals surface area contributed by atoms with E-state index in [1.54, 1.807) is 12.1 Å². The number of rotatable bonds is 4. The quantitative estimate of drug-likeness (QED) is 0.939. The molecule has 2 aromatic rings. The van der Waals surface area contributed by atoms with E-state index in [1.807, 2.05) is 6.92 Å². The van der Waals surface area contributed by atoms with Crippen molar-refractivity contribution in [3.8, 4) is 11.5 Å². The van der Waals surface area contributed by atoms with Crippen molar-refractivity contribution in [2.45, 2.75) is 13.3 Å². The van der Waals surface area contributed by atoms with Crippen molar-refractivity contribution in [2.24, 2.45) is 0 Å². The van der Waals surface area contributed by atoms with Gasteiger partial charge in [0.25, 0.3) is 0 Å². The number of benzene rings is 1. The van der Waals surface area contributed by atoms with E-state index in [-0.39, 0.29) is 6.42 Å². The fourth-order valence-electron chi connectivity index (χ4n) is 2.09. The number of pyridine rings is 1. The van der Waals surface area contributed by atoms with Crippen LogP contribution in [0.4, 0.5) is 0 Å². The molecule has 0 atom stereocenters. The molecule has 1 heterocycles. The summed E-state index contributed by atoms with van der Waals surface area (Å²) in [5, 5.41) is 10.2. The van der Waals surface area contributed by atoms with Crippen LogP contribution < -0.4 is 9.47 Å². The summed E-state index contributed by atoms with van der Waals surface area (Å²) < 4.78 is 10.6. The van der Waals surface area contributed by atoms with Gasteiger partial charge in [-0.2, -0.15) is 0 Å². The number of hydrogen-bond donors (Lipinski definition) is 1. The van der Waals surface area contributed by atoms with Crippen molar-refractivity contribution in [1.29, 1.82) is 0 Å². The molecule has 0 aliphatic carbocycles. The number of carbonyl (C=O) groups is 1. The average molecular weight is 296 g/mol. The molecule has 2 rings (SSSR count). The number of methoxy groups -OCH3 is 2. The van der Waals surface area contributed by atoms with E-state index < -0.39 is 5.97 Å². The van der Waals surface area contributed by atoms with E-state index in [2.05, 4.69) is 4.98 Å². The van der Waals surface area contributed by atoms with Crippen LogP contribution in [0.25, 0.3) is 10.9 Å². The molecule has 0 radical (unpaired) electrons. The molecule has 5 nitrogen and oxygen atoms in total. The van der Waals surface area contributed by atoms with Crippen LogP contribution in [0, 0.1) is 6.92 Å². The van der Waals surface area contributed by atoms with Gasteiger partial charge in [-0.1, -0.05) is 11.6 Å². The Bertz CT molecular complexity index is 685. The lowest BCUT2D eigenvalue weighted by Crippen LogP contribution is -2.04. The summed E-state index contributed by atoms with van der Waals surface area (Å²) in [5.74, 6) is 0.0641. The van der Waals surface area contributed by atoms with Gasteiger partial charge < -0.3 is 14.6 Å². The largest absolute Gasteiger partial charge is 0.496 e. The summed E-state index contributed by atoms with van der Waals surface area (Å²) in [6.07, 6.45) is -0.183. The Labute approximate surface area is 121 Å². The van der Waals surface area contributed by atoms with Crippen molar-refractivity contribution in [2.75, 3.05) is 14.2 Å². The molecule has 0 aliphatic heterocycles. The first kappa shape index (κ1) is 14.4. The molecule has 0 unspecified atom stereocenters. The van der Waals surface area contributed by atoms with Gasteiger partial charge in [0.1, 0.15) is 17.0 Å². The number of aryl methyl sites for hydroxylation is 1. The Morgan fingerprint density at radius 2 is 1.95 bits per heavy atom. The molecule has 106 valence electrons. The maximum absolute atomic E-state index is 10.8. The fraction of sp³-hybridized carbons (Fsp3) is 0.286. The zero-order valence-corrected chi connectivity index (χ0v) is 12.1. The van der Waals surface area contributed by atoms with Gasteiger partial charge in [-0.05, 0) is 12.5 Å². The third-order valence-electron chi connectivity index (χ3n) is 3.03. The van der Waals surface area contributed by atoms with E-state index in [4.69, 9.17) is 26.2 Å². The molecule has 20 heavy (non-hydrogen) atoms. The molecular formula is C14H14ClNO4. The normalized spacial score (nSPS) is 10.6. The van der Waals surface area contributed by atoms with Crippen molar-refractivity contribution in [3.63, 3.8) is 0 Å². The molecule has 0 aliphatic rings. The summed E-state index contributed by atoms with van der Waals surface area (Å²) >= 11 is 6.17. The van der Waals surface area contributed by atoms with Crippen molar-refractivity contribution in [1.82, 2.24) is 4.98 Å². The molecule has 1 N–H and O–H groups in total. The fourth-order valence-corrected chi connectivity index (χ4v) is 2.28. The Hall–Kier alpha value is -2.01. The van der Waals surface area contributed by atoms with Gasteiger partial charge in [-0.3, -0.25) is 4.79 Å². The van der Waals surface area contributed by atoms with Crippen molar-refractivity contribution < 1.29 is 19.4 Å². The van der Waals surface area contributed by atoms with Gasteiger partial charge in [0.2, 0.25) is 0 Å². The van der Waals surface area contributed by atoms with E-state index in [0.717, 1.165) is 10.9 Å². The first-order valence-electron chi connectivity index (χ1n) is 5.90. The van der Waals surface area contributed by atoms with Crippen LogP contribution in [0.3, 0.4) is 0 Å². The zero-order valence-electron chi connectivity index (χ0n) is 11.4. The molecule has 1 aromatic heterocycles. The Morgan fingerprint density at radius 1 is 1.30 bits per heavy atom. The lowest BCUT2D eigenvalue weighted by molar-refractivity contribution is -0.136. The summed E-state index contributed by atoms with van der Waals surface area (Å²) in [4.78, 5) is 15.2. The average Bonchev–Trinajstić information content (AvgIpc) is 2.41. The van der Waals surface area contributed by atoms with Crippen LogP contribution in [0.2, 0.25) is 5.02 Å². The van der Waals surface area contributed by atoms with Crippen LogP contribution in [0.5, 0.6) is 11.5 Å². The molecule has 1 aromatic carbocycles. The standard InChI is InChI=1S/C14H14ClNO4/c1-7-9(15)6-11(20-3)14-13(7)10(19-2)4-8(16-14)5-12(17)18/h4,6H,5H2,1-3H3,(H,17,18). The number of fused-ring (bicyclic) bond motifs is 1. The Kier molecular flexibility index (Phi) is 3.99. The molecule has 0 bridgehead atoms. The van der Waals surface area contributed by atoms with Gasteiger partial charge in [0.15, 0.2) is 0 Å². The number of ether oxygens (including phenoxy) is 2. The SMILES string of the molecule is COc1cc(Cl)c(C)c2c(OC)cc(CC(=O)O)nc12. The highest BCUT2D eigenvalue weighted by molar-refractivity contribution is 6.32. The van der Waals surface area contributed by atoms with Gasteiger partial charge >= 0.3 is 5.97 Å². The Balaban J connectivity index is 2.82. The first-order chi connectivity index (χ1) is 9.47. The molecule has 0 saturated heterocycles. The minimum Gasteiger partial charge on any atom is -0.496 e. The highest BCUT2D eigenvalue weighted by Gasteiger charge is 2.16. The van der Waals surface area contributed by atoms with Crippen molar-refractivity contribution >= 4 is 28.5 Å². The molecule has 0 fully saturated rings. The Morgan fingerprint density at radius 3 is 2.50 bits per heavy atom. The summed E-state index contributed by atoms with van der Waals surface area (Å²) in [7, 11) is 3.03. The number of aromatic nitrogens is 1. The summed E-state index contributed by atoms with van der Waals surface area (Å²) in [6, 6.07) is 3.27. The van der Waals surface area contributed by atoms with E-state index >= 15 is 0 Å². The number of aliphatic carboxylic acids is 1. The minimum atomic E-state index is -0.955. The minimum absolute atomic E-state index is 0.183. The smallest absolute Gasteiger partial charge is 0.309 e. The molecule has 0 spiro atoms. The maximum atomic E-state index is 10.8. The number of nitrogens with zero attached hydrogens (tertiary/aromatic N) is 1. The van der Waals surface area contributed by atoms with E-state index in [9.17, 15) is 4.79 Å². The number of halogens is 1. The maximum Gasteiger partial charge on any atom is 0.309 e. The summed E-state index contributed by atoms with van der Waals surface area (Å²) in [6.45, 7) is 1.85. The topological polar surface area (TPSA) is 68.7 Å². The zero-order chi connectivity index (χ0) is 14.9. The van der Waals surface area contributed by atoms with Crippen LogP contribution in [-0.4, -0.2) is 30.3 Å². The molecule has 6 heteroatoms. The van der Waals surface area contributed by atoms with Crippen molar-refractivity contribution in [3.05, 3.63) is 28.4 Å². The number of hydrogen-bond acceptors (Lipinski definition) is 4. The highest BCUT2D eigenvalue weighted by atomic mass is 35.5. The third kappa shape index (κ3) is 2.49. The van der Waals surface area contributed by atoms with Gasteiger partial charge in [-0.15, -0.1) is 0 Å². The number of carboxylic acid groups (broad SMARTS) is 1. The lowest BCUT2D eigenvalue weighted by atomic mass is 10.1. The predicted octanol–water partition coefficient (Wildman–Crippen LogP) is 2.84. The molecule has 0 amide bonds. The number of carboxylic acids is 1. The van der Waals surface area contributed by atoms with Gasteiger partial charge in [0, 0.05) is 17.2 Å². The highest BCUT2D eigenvalue weighted by Crippen LogP contribution is 2.38. The van der Waals surface area contributed by atoms with E-state index in [0.29, 0.717) is 27.7 Å². The van der Waals surface area contributed by atoms with E-state index in [1.165, 1.54) is 14.2 Å². The lowest BCUT2D eigenvalue weighted by Gasteiger charge is -2.14. The third-order valence-corrected chi connectivity index (χ3v) is 3.43. The van der Waals surface area contributed by atoms with Crippen LogP contribution >= 0.6 is 11.6 Å². The van der Waals surface area contributed by atoms with Crippen LogP contribution in [-0.2, 0) is 11.2 Å². The van der Waals surface area contributed by atoms with Crippen LogP contribution in [0.15, 0.2) is 12.1 Å². The van der Waals surface area contributed by atoms with Gasteiger partial charge in [-0.25, -0.2) is 4.98 Å². The monoisotopic (exact) mass is 295 g/mol. The second-order valence-corrected chi connectivity index (χ2v) is 4.70. The molecule has 0 saturated carbocycles. The predicted molar refractivity (Wildman–Crippen MR) is 75.9 cm³/mol. The first-order valence-corrected chi connectivity index (χ1v) is 6.28. The molecular weight excluding hydrogens is 282 g/mol. The second kappa shape index (κ2) is 5.54. The van der Waals surface area contributed by atoms with Gasteiger partial charge in [0.05, 0.1) is 31.7 Å². The second-order valence-electron chi connectivity index (χ2n) is 4.30. The summed E-state index contributed by atoms with van der Waals surface area (Å²) in [5.41, 5.74) is 1.76.